The van der Waals surface area contributed by atoms with Crippen molar-refractivity contribution in [1.82, 2.24) is 0 Å². The molecule has 8 aromatic carbocycles. The number of thiophene rings is 1. The largest absolute Gasteiger partial charge is 0.508 e. The first-order valence-electron chi connectivity index (χ1n) is 17.0. The minimum absolute atomic E-state index is 0.0287. The van der Waals surface area contributed by atoms with Crippen LogP contribution in [-0.2, 0) is 0 Å². The zero-order valence-electron chi connectivity index (χ0n) is 28.3. The summed E-state index contributed by atoms with van der Waals surface area (Å²) in [6, 6.07) is 40.6. The lowest BCUT2D eigenvalue weighted by atomic mass is 9.64. The Morgan fingerprint density at radius 3 is 1.36 bits per heavy atom. The van der Waals surface area contributed by atoms with Gasteiger partial charge >= 0.3 is 0 Å². The van der Waals surface area contributed by atoms with Crippen molar-refractivity contribution in [3.8, 4) is 56.0 Å². The van der Waals surface area contributed by atoms with E-state index >= 15 is 0 Å². The van der Waals surface area contributed by atoms with Gasteiger partial charge in [-0.05, 0) is 61.8 Å². The predicted molar refractivity (Wildman–Crippen MR) is 232 cm³/mol. The second-order valence-corrected chi connectivity index (χ2v) is 14.3. The Hall–Kier alpha value is -5.51. The minimum atomic E-state index is -0.276. The minimum Gasteiger partial charge on any atom is -0.508 e. The lowest BCUT2D eigenvalue weighted by molar-refractivity contribution is 0.485. The number of hydrogen-bond acceptors (Lipinski definition) is 3. The van der Waals surface area contributed by atoms with E-state index in [2.05, 4.69) is 60.7 Å². The van der Waals surface area contributed by atoms with Crippen molar-refractivity contribution in [2.45, 2.75) is 0 Å². The van der Waals surface area contributed by atoms with Gasteiger partial charge in [0.15, 0.2) is 0 Å². The molecule has 12 radical (unpaired) electrons. The number of rotatable bonds is 4. The van der Waals surface area contributed by atoms with Crippen LogP contribution < -0.4 is 32.8 Å². The third-order valence-electron chi connectivity index (χ3n) is 10.3. The molecule has 0 saturated heterocycles. The SMILES string of the molecule is [B]c1c([B])c(O)c2c(-c3ccccc3)c3c(O)c([B])c([B])c([B])c3c(-c3ccc(-c4c(-c5ccccc5)ccc5sc6ccccc6c45)cc3)c2c1[B]. The molecule has 0 amide bonds. The van der Waals surface area contributed by atoms with Gasteiger partial charge in [-0.1, -0.05) is 131 Å². The summed E-state index contributed by atoms with van der Waals surface area (Å²) in [5.74, 6) is -0.551. The van der Waals surface area contributed by atoms with Crippen molar-refractivity contribution >= 4 is 133 Å². The van der Waals surface area contributed by atoms with E-state index in [9.17, 15) is 10.2 Å². The summed E-state index contributed by atoms with van der Waals surface area (Å²) in [6.07, 6.45) is 0. The molecule has 53 heavy (non-hydrogen) atoms. The van der Waals surface area contributed by atoms with Crippen LogP contribution in [0.5, 0.6) is 11.5 Å². The molecule has 0 spiro atoms. The molecule has 1 heterocycles. The lowest BCUT2D eigenvalue weighted by Crippen LogP contribution is -2.41. The van der Waals surface area contributed by atoms with E-state index in [1.165, 1.54) is 20.2 Å². The summed E-state index contributed by atoms with van der Waals surface area (Å²) < 4.78 is 2.40. The van der Waals surface area contributed by atoms with Gasteiger partial charge in [0.2, 0.25) is 0 Å². The van der Waals surface area contributed by atoms with Gasteiger partial charge in [-0.15, -0.1) is 22.3 Å². The van der Waals surface area contributed by atoms with Crippen molar-refractivity contribution < 1.29 is 10.2 Å². The molecular weight excluding hydrogens is 657 g/mol. The molecule has 2 N–H and O–H groups in total. The normalized spacial score (nSPS) is 11.6. The Labute approximate surface area is 319 Å². The summed E-state index contributed by atoms with van der Waals surface area (Å²) in [7, 11) is 39.4. The molecule has 234 valence electrons. The zero-order valence-corrected chi connectivity index (χ0v) is 29.1. The topological polar surface area (TPSA) is 40.5 Å². The van der Waals surface area contributed by atoms with E-state index in [-0.39, 0.29) is 44.3 Å². The number of phenolic OH excluding ortho intramolecular Hbond substituents is 2. The van der Waals surface area contributed by atoms with E-state index in [1.807, 2.05) is 60.7 Å². The van der Waals surface area contributed by atoms with Gasteiger partial charge in [0, 0.05) is 36.5 Å². The molecule has 0 bridgehead atoms. The van der Waals surface area contributed by atoms with Gasteiger partial charge in [-0.3, -0.25) is 0 Å². The summed E-state index contributed by atoms with van der Waals surface area (Å²) in [6.45, 7) is 0. The number of benzene rings is 8. The van der Waals surface area contributed by atoms with Crippen LogP contribution in [0.3, 0.4) is 0 Å². The van der Waals surface area contributed by atoms with Crippen LogP contribution in [-0.4, -0.2) is 57.3 Å². The molecule has 0 unspecified atom stereocenters. The van der Waals surface area contributed by atoms with Gasteiger partial charge in [0.05, 0.1) is 0 Å². The molecule has 0 atom stereocenters. The number of hydrogen-bond donors (Lipinski definition) is 2. The van der Waals surface area contributed by atoms with Gasteiger partial charge < -0.3 is 10.2 Å². The Kier molecular flexibility index (Phi) is 7.90. The smallest absolute Gasteiger partial charge is 0.118 e. The first-order valence-corrected chi connectivity index (χ1v) is 17.8. The first kappa shape index (κ1) is 33.3. The third kappa shape index (κ3) is 4.94. The molecule has 9 aromatic rings. The molecule has 9 rings (SSSR count). The molecule has 0 saturated carbocycles. The quantitative estimate of drug-likeness (QED) is 0.199. The molecule has 0 aliphatic rings. The molecule has 0 aliphatic carbocycles. The Morgan fingerprint density at radius 2 is 0.792 bits per heavy atom. The second kappa shape index (κ2) is 12.6. The summed E-state index contributed by atoms with van der Waals surface area (Å²) in [5, 5.41) is 27.4. The van der Waals surface area contributed by atoms with E-state index in [0.29, 0.717) is 43.8 Å². The Bertz CT molecular complexity index is 2880. The molecule has 9 heteroatoms. The summed E-state index contributed by atoms with van der Waals surface area (Å²) in [5.41, 5.74) is 6.83. The van der Waals surface area contributed by atoms with Crippen molar-refractivity contribution in [1.29, 1.82) is 0 Å². The van der Waals surface area contributed by atoms with Crippen molar-refractivity contribution in [3.63, 3.8) is 0 Å². The fourth-order valence-corrected chi connectivity index (χ4v) is 8.92. The maximum Gasteiger partial charge on any atom is 0.118 e. The van der Waals surface area contributed by atoms with Crippen LogP contribution in [0.15, 0.2) is 121 Å². The average Bonchev–Trinajstić information content (AvgIpc) is 3.58. The van der Waals surface area contributed by atoms with Crippen molar-refractivity contribution in [2.75, 3.05) is 0 Å². The van der Waals surface area contributed by atoms with Gasteiger partial charge in [-0.2, -0.15) is 0 Å². The van der Waals surface area contributed by atoms with Crippen molar-refractivity contribution in [3.05, 3.63) is 121 Å². The highest BCUT2D eigenvalue weighted by molar-refractivity contribution is 7.26. The Morgan fingerprint density at radius 1 is 0.340 bits per heavy atom. The van der Waals surface area contributed by atoms with Crippen LogP contribution in [0, 0.1) is 0 Å². The average molecular weight is 680 g/mol. The number of phenols is 2. The van der Waals surface area contributed by atoms with Gasteiger partial charge in [-0.25, -0.2) is 0 Å². The highest BCUT2D eigenvalue weighted by Crippen LogP contribution is 2.48. The summed E-state index contributed by atoms with van der Waals surface area (Å²) in [4.78, 5) is 0. The summed E-state index contributed by atoms with van der Waals surface area (Å²) >= 11 is 1.77. The molecule has 0 aliphatic heterocycles. The second-order valence-electron chi connectivity index (χ2n) is 13.2. The van der Waals surface area contributed by atoms with Crippen molar-refractivity contribution in [2.24, 2.45) is 0 Å². The standard InChI is InChI=1S/C44H22B6O2S/c45-37-33-30(34-36(44(52)42(50)40(48)38(34)46)31(22-11-5-2-6-12-22)35(33)43(51)41(49)39(37)47)24-17-15-23(16-18-24)29-25(21-9-3-1-4-10-21)19-20-28-32(29)26-13-7-8-14-27(26)53-28/h1-20,51-52H. The molecule has 0 fully saturated rings. The van der Waals surface area contributed by atoms with Crippen LogP contribution in [0.1, 0.15) is 0 Å². The fraction of sp³-hybridized carbons (Fsp3) is 0. The van der Waals surface area contributed by atoms with E-state index in [1.54, 1.807) is 11.3 Å². The van der Waals surface area contributed by atoms with Crippen LogP contribution >= 0.6 is 11.3 Å². The van der Waals surface area contributed by atoms with Gasteiger partial charge in [0.1, 0.15) is 58.6 Å². The first-order chi connectivity index (χ1) is 25.7. The highest BCUT2D eigenvalue weighted by Gasteiger charge is 2.27. The zero-order chi connectivity index (χ0) is 36.7. The maximum atomic E-state index is 11.8. The van der Waals surface area contributed by atoms with Crippen LogP contribution in [0.2, 0.25) is 0 Å². The molecule has 2 nitrogen and oxygen atoms in total. The van der Waals surface area contributed by atoms with E-state index in [0.717, 1.165) is 22.3 Å². The number of aromatic hydroxyl groups is 2. The molecule has 1 aromatic heterocycles. The van der Waals surface area contributed by atoms with Crippen LogP contribution in [0.25, 0.3) is 86.2 Å². The van der Waals surface area contributed by atoms with E-state index in [4.69, 9.17) is 47.1 Å². The maximum absolute atomic E-state index is 11.8. The molecular formula is C44H22B6O2S. The number of fused-ring (bicyclic) bond motifs is 5. The lowest BCUT2D eigenvalue weighted by Gasteiger charge is -2.26. The third-order valence-corrected chi connectivity index (χ3v) is 11.5. The monoisotopic (exact) mass is 680 g/mol. The van der Waals surface area contributed by atoms with Crippen LogP contribution in [0.4, 0.5) is 0 Å². The fourth-order valence-electron chi connectivity index (χ4n) is 7.81. The van der Waals surface area contributed by atoms with E-state index < -0.39 is 0 Å². The Balaban J connectivity index is 1.41. The predicted octanol–water partition coefficient (Wildman–Crippen LogP) is 5.20. The van der Waals surface area contributed by atoms with Gasteiger partial charge in [0.25, 0.3) is 0 Å². The highest BCUT2D eigenvalue weighted by atomic mass is 32.1.